The van der Waals surface area contributed by atoms with Crippen molar-refractivity contribution < 1.29 is 43.7 Å². The largest absolute Gasteiger partial charge is 0.507 e. The van der Waals surface area contributed by atoms with E-state index in [-0.39, 0.29) is 16.8 Å². The minimum absolute atomic E-state index is 0.242. The Morgan fingerprint density at radius 2 is 1.82 bits per heavy atom. The Hall–Kier alpha value is -4.13. The van der Waals surface area contributed by atoms with Gasteiger partial charge in [-0.1, -0.05) is 18.1 Å². The van der Waals surface area contributed by atoms with Gasteiger partial charge in [-0.3, -0.25) is 33.7 Å². The van der Waals surface area contributed by atoms with Gasteiger partial charge in [0.2, 0.25) is 5.91 Å². The minimum Gasteiger partial charge on any atom is -0.507 e. The summed E-state index contributed by atoms with van der Waals surface area (Å²) in [5.74, 6) is -15.4. The van der Waals surface area contributed by atoms with Crippen molar-refractivity contribution >= 4 is 40.7 Å². The molecule has 4 N–H and O–H groups in total. The quantitative estimate of drug-likeness (QED) is 0.155. The lowest BCUT2D eigenvalue weighted by molar-refractivity contribution is -0.205. The minimum atomic E-state index is -3.10. The van der Waals surface area contributed by atoms with Crippen LogP contribution in [0.1, 0.15) is 35.7 Å². The predicted molar refractivity (Wildman–Crippen MR) is 126 cm³/mol. The van der Waals surface area contributed by atoms with Crippen LogP contribution in [0.25, 0.3) is 10.4 Å². The first-order chi connectivity index (χ1) is 17.7. The number of rotatable bonds is 4. The molecule has 1 aromatic rings. The molecule has 2 fully saturated rings. The second-order valence-electron chi connectivity index (χ2n) is 10.0. The van der Waals surface area contributed by atoms with Crippen molar-refractivity contribution in [2.45, 2.75) is 37.5 Å². The van der Waals surface area contributed by atoms with Crippen molar-refractivity contribution in [1.82, 2.24) is 4.90 Å². The number of phenolic OH excluding ortho intramolecular Hbond substituents is 1. The summed E-state index contributed by atoms with van der Waals surface area (Å²) in [6.07, 6.45) is -1.51. The third-order valence-electron chi connectivity index (χ3n) is 7.89. The number of ketones is 4. The number of likely N-dealkylation sites (N-methyl/N-ethyl adjacent to an activating group) is 1. The van der Waals surface area contributed by atoms with E-state index in [1.807, 2.05) is 0 Å². The van der Waals surface area contributed by atoms with Crippen LogP contribution in [0.3, 0.4) is 0 Å². The molecule has 0 saturated heterocycles. The molecular formula is C24H25N5O9. The van der Waals surface area contributed by atoms with Crippen molar-refractivity contribution in [2.75, 3.05) is 14.1 Å². The van der Waals surface area contributed by atoms with Crippen LogP contribution in [0.5, 0.6) is 5.75 Å². The Morgan fingerprint density at radius 1 is 1.18 bits per heavy atom. The summed E-state index contributed by atoms with van der Waals surface area (Å²) in [4.78, 5) is 82.9. The molecule has 14 heteroatoms. The maximum absolute atomic E-state index is 14.0. The van der Waals surface area contributed by atoms with Crippen LogP contribution < -0.4 is 5.73 Å². The van der Waals surface area contributed by atoms with Crippen molar-refractivity contribution in [2.24, 2.45) is 34.5 Å². The molecule has 200 valence electrons. The van der Waals surface area contributed by atoms with Crippen molar-refractivity contribution in [3.05, 3.63) is 33.7 Å². The van der Waals surface area contributed by atoms with E-state index in [0.29, 0.717) is 0 Å². The van der Waals surface area contributed by atoms with Gasteiger partial charge in [0.05, 0.1) is 29.1 Å². The molecule has 3 aliphatic carbocycles. The Labute approximate surface area is 215 Å². The van der Waals surface area contributed by atoms with E-state index in [1.165, 1.54) is 31.1 Å². The van der Waals surface area contributed by atoms with E-state index >= 15 is 0 Å². The molecule has 2 unspecified atom stereocenters. The van der Waals surface area contributed by atoms with E-state index in [4.69, 9.17) is 16.0 Å². The summed E-state index contributed by atoms with van der Waals surface area (Å²) < 4.78 is 5.56. The fourth-order valence-electron chi connectivity index (χ4n) is 6.42. The number of benzene rings is 1. The number of ether oxygens (including phenoxy) is 1. The highest BCUT2D eigenvalue weighted by molar-refractivity contribution is 6.32. The standard InChI is InChI=1S/C24H25N5O9/c1-7-9-5-6-10(27-28-26)17(31)12(9)18(32)13-11(7)20(38-8(2)30)15-16(29(3)4)19(33)14(23(25)36)22(35)24(15,37)21(13)34/h5-7,11,13-16,20,31,37H,1-4H3,(H2,25,36)/t7-,11+,13?,14?,15+,16-,20-,24-/m0/s1. The molecule has 14 nitrogen and oxygen atoms in total. The smallest absolute Gasteiger partial charge is 0.302 e. The highest BCUT2D eigenvalue weighted by Crippen LogP contribution is 2.56. The highest BCUT2D eigenvalue weighted by Gasteiger charge is 2.74. The molecule has 1 aromatic carbocycles. The number of hydrogen-bond donors (Lipinski definition) is 3. The van der Waals surface area contributed by atoms with Crippen LogP contribution in [-0.4, -0.2) is 82.0 Å². The molecule has 0 bridgehead atoms. The number of esters is 1. The molecule has 0 radical (unpaired) electrons. The van der Waals surface area contributed by atoms with Gasteiger partial charge < -0.3 is 20.7 Å². The van der Waals surface area contributed by atoms with Crippen LogP contribution >= 0.6 is 0 Å². The summed E-state index contributed by atoms with van der Waals surface area (Å²) >= 11 is 0. The SMILES string of the molecule is CC(=O)O[C@H]1[C@H]2C(C(=O)c3c(ccc(N=[N+]=[N-])c3O)[C@@H]2C)C(=O)[C@]2(O)C(=O)C(C(N)=O)C(=O)[C@@H](N(C)C)[C@H]12. The van der Waals surface area contributed by atoms with Crippen LogP contribution in [0.15, 0.2) is 17.2 Å². The first-order valence-electron chi connectivity index (χ1n) is 11.6. The lowest BCUT2D eigenvalue weighted by Crippen LogP contribution is -2.78. The van der Waals surface area contributed by atoms with E-state index in [9.17, 15) is 39.0 Å². The topological polar surface area (TPSA) is 230 Å². The average Bonchev–Trinajstić information content (AvgIpc) is 2.81. The third kappa shape index (κ3) is 3.45. The van der Waals surface area contributed by atoms with E-state index in [2.05, 4.69) is 10.0 Å². The number of nitrogens with zero attached hydrogens (tertiary/aromatic N) is 4. The lowest BCUT2D eigenvalue weighted by atomic mass is 9.49. The van der Waals surface area contributed by atoms with Gasteiger partial charge in [-0.2, -0.15) is 0 Å². The molecule has 2 saturated carbocycles. The molecular weight excluding hydrogens is 502 g/mol. The number of aromatic hydroxyl groups is 1. The average molecular weight is 527 g/mol. The number of phenols is 1. The first-order valence-corrected chi connectivity index (χ1v) is 11.6. The molecule has 0 heterocycles. The van der Waals surface area contributed by atoms with Gasteiger partial charge in [-0.25, -0.2) is 0 Å². The second kappa shape index (κ2) is 9.01. The van der Waals surface area contributed by atoms with Gasteiger partial charge in [0.1, 0.15) is 11.9 Å². The highest BCUT2D eigenvalue weighted by atomic mass is 16.5. The van der Waals surface area contributed by atoms with E-state index in [1.54, 1.807) is 6.92 Å². The number of carbonyl (C=O) groups is 6. The Bertz CT molecular complexity index is 1370. The number of carbonyl (C=O) groups excluding carboxylic acids is 6. The number of fused-ring (bicyclic) bond motifs is 3. The van der Waals surface area contributed by atoms with Crippen molar-refractivity contribution in [3.63, 3.8) is 0 Å². The summed E-state index contributed by atoms with van der Waals surface area (Å²) in [7, 11) is 2.83. The molecule has 38 heavy (non-hydrogen) atoms. The zero-order valence-electron chi connectivity index (χ0n) is 20.8. The first kappa shape index (κ1) is 26.9. The number of amides is 1. The summed E-state index contributed by atoms with van der Waals surface area (Å²) in [5, 5.41) is 25.9. The van der Waals surface area contributed by atoms with Gasteiger partial charge in [-0.15, -0.1) is 0 Å². The number of azide groups is 1. The molecule has 0 aliphatic heterocycles. The molecule has 1 amide bonds. The van der Waals surface area contributed by atoms with Crippen molar-refractivity contribution in [1.29, 1.82) is 0 Å². The summed E-state index contributed by atoms with van der Waals surface area (Å²) in [5.41, 5.74) is 10.6. The van der Waals surface area contributed by atoms with Crippen molar-refractivity contribution in [3.8, 4) is 5.75 Å². The molecule has 4 rings (SSSR count). The molecule has 0 aromatic heterocycles. The van der Waals surface area contributed by atoms with Crippen LogP contribution in [-0.2, 0) is 28.7 Å². The predicted octanol–water partition coefficient (Wildman–Crippen LogP) is -0.0886. The zero-order chi connectivity index (χ0) is 28.4. The lowest BCUT2D eigenvalue weighted by Gasteiger charge is -2.56. The maximum atomic E-state index is 14.0. The molecule has 3 aliphatic rings. The molecule has 8 atom stereocenters. The Morgan fingerprint density at radius 3 is 2.34 bits per heavy atom. The van der Waals surface area contributed by atoms with Crippen LogP contribution in [0.4, 0.5) is 5.69 Å². The number of Topliss-reactive ketones (excluding diaryl/α,β-unsaturated/α-hetero) is 4. The zero-order valence-corrected chi connectivity index (χ0v) is 20.8. The summed E-state index contributed by atoms with van der Waals surface area (Å²) in [6, 6.07) is 1.22. The van der Waals surface area contributed by atoms with E-state index in [0.717, 1.165) is 6.92 Å². The third-order valence-corrected chi connectivity index (χ3v) is 7.89. The van der Waals surface area contributed by atoms with Gasteiger partial charge in [0.15, 0.2) is 34.7 Å². The van der Waals surface area contributed by atoms with Crippen LogP contribution in [0.2, 0.25) is 0 Å². The molecule has 0 spiro atoms. The van der Waals surface area contributed by atoms with E-state index < -0.39 is 88.1 Å². The normalized spacial score (nSPS) is 34.1. The Balaban J connectivity index is 2.04. The Kier molecular flexibility index (Phi) is 6.38. The van der Waals surface area contributed by atoms with Gasteiger partial charge >= 0.3 is 5.97 Å². The van der Waals surface area contributed by atoms with Gasteiger partial charge in [0, 0.05) is 17.8 Å². The van der Waals surface area contributed by atoms with Gasteiger partial charge in [-0.05, 0) is 37.2 Å². The number of nitrogens with two attached hydrogens (primary N) is 1. The number of aliphatic hydroxyl groups is 1. The summed E-state index contributed by atoms with van der Waals surface area (Å²) in [6.45, 7) is 2.64. The monoisotopic (exact) mass is 527 g/mol. The second-order valence-corrected chi connectivity index (χ2v) is 10.0. The fraction of sp³-hybridized carbons (Fsp3) is 0.500. The fourth-order valence-corrected chi connectivity index (χ4v) is 6.42. The number of hydrogen-bond acceptors (Lipinski definition) is 11. The van der Waals surface area contributed by atoms with Gasteiger partial charge in [0.25, 0.3) is 0 Å². The maximum Gasteiger partial charge on any atom is 0.302 e. The van der Waals surface area contributed by atoms with Crippen LogP contribution in [0, 0.1) is 23.7 Å². The number of primary amides is 1.